The van der Waals surface area contributed by atoms with Crippen molar-refractivity contribution in [3.05, 3.63) is 6.10 Å². The number of hydrogen-bond acceptors (Lipinski definition) is 5. The van der Waals surface area contributed by atoms with Crippen LogP contribution in [0.2, 0.25) is 0 Å². The Morgan fingerprint density at radius 1 is 0.900 bits per heavy atom. The largest absolute Gasteiger partial charge is 0.394 e. The number of rotatable bonds is 9. The topological polar surface area (TPSA) is 90.2 Å². The Hall–Kier alpha value is -0.200. The van der Waals surface area contributed by atoms with Crippen LogP contribution in [0.3, 0.4) is 0 Å². The molecule has 0 unspecified atom stereocenters. The molecule has 4 N–H and O–H groups in total. The minimum atomic E-state index is -1.28. The van der Waals surface area contributed by atoms with Gasteiger partial charge in [-0.3, -0.25) is 0 Å². The highest BCUT2D eigenvalue weighted by Crippen LogP contribution is 2.30. The van der Waals surface area contributed by atoms with Gasteiger partial charge in [0.15, 0.2) is 0 Å². The predicted octanol–water partition coefficient (Wildman–Crippen LogP) is 1.13. The van der Waals surface area contributed by atoms with E-state index in [9.17, 15) is 15.3 Å². The van der Waals surface area contributed by atoms with Crippen LogP contribution in [-0.2, 0) is 4.74 Å². The first-order valence-electron chi connectivity index (χ1n) is 7.79. The van der Waals surface area contributed by atoms with Crippen molar-refractivity contribution in [1.29, 1.82) is 0 Å². The highest BCUT2D eigenvalue weighted by molar-refractivity contribution is 5.01. The molecule has 20 heavy (non-hydrogen) atoms. The molecule has 0 aromatic heterocycles. The first-order chi connectivity index (χ1) is 9.61. The summed E-state index contributed by atoms with van der Waals surface area (Å²) in [4.78, 5) is 0. The van der Waals surface area contributed by atoms with Gasteiger partial charge in [0.1, 0.15) is 30.5 Å². The van der Waals surface area contributed by atoms with Crippen LogP contribution in [0, 0.1) is 6.10 Å². The quantitative estimate of drug-likeness (QED) is 0.478. The smallest absolute Gasteiger partial charge is 0.129 e. The van der Waals surface area contributed by atoms with E-state index in [0.717, 1.165) is 19.3 Å². The molecule has 119 valence electrons. The highest BCUT2D eigenvalue weighted by Gasteiger charge is 2.43. The van der Waals surface area contributed by atoms with Gasteiger partial charge in [0.25, 0.3) is 0 Å². The average molecular weight is 289 g/mol. The average Bonchev–Trinajstić information content (AvgIpc) is 2.46. The summed E-state index contributed by atoms with van der Waals surface area (Å²) in [7, 11) is 0. The Morgan fingerprint density at radius 3 is 2.10 bits per heavy atom. The van der Waals surface area contributed by atoms with E-state index < -0.39 is 24.4 Å². The molecule has 1 radical (unpaired) electrons. The summed E-state index contributed by atoms with van der Waals surface area (Å²) in [5.74, 6) is 0. The van der Waals surface area contributed by atoms with Gasteiger partial charge in [-0.05, 0) is 6.42 Å². The molecule has 0 aromatic rings. The number of unbranched alkanes of at least 4 members (excludes halogenated alkanes) is 6. The molecule has 0 saturated carbocycles. The lowest BCUT2D eigenvalue weighted by Gasteiger charge is -2.39. The van der Waals surface area contributed by atoms with Crippen molar-refractivity contribution in [1.82, 2.24) is 0 Å². The highest BCUT2D eigenvalue weighted by atomic mass is 16.5. The maximum absolute atomic E-state index is 9.84. The zero-order valence-corrected chi connectivity index (χ0v) is 12.4. The van der Waals surface area contributed by atoms with E-state index in [-0.39, 0.29) is 6.61 Å². The van der Waals surface area contributed by atoms with Crippen molar-refractivity contribution in [2.75, 3.05) is 6.61 Å². The van der Waals surface area contributed by atoms with Crippen LogP contribution < -0.4 is 0 Å². The molecule has 0 amide bonds. The molecule has 1 aliphatic rings. The Balaban J connectivity index is 2.21. The lowest BCUT2D eigenvalue weighted by atomic mass is 9.92. The molecule has 5 heteroatoms. The molecule has 0 spiro atoms. The Bertz CT molecular complexity index is 246. The van der Waals surface area contributed by atoms with Crippen molar-refractivity contribution in [2.45, 2.75) is 82.7 Å². The van der Waals surface area contributed by atoms with Gasteiger partial charge in [-0.25, -0.2) is 0 Å². The summed E-state index contributed by atoms with van der Waals surface area (Å²) in [6, 6.07) is 0. The van der Waals surface area contributed by atoms with E-state index >= 15 is 0 Å². The van der Waals surface area contributed by atoms with Crippen LogP contribution in [0.15, 0.2) is 0 Å². The summed E-state index contributed by atoms with van der Waals surface area (Å²) >= 11 is 0. The van der Waals surface area contributed by atoms with E-state index in [1.54, 1.807) is 0 Å². The van der Waals surface area contributed by atoms with Crippen LogP contribution in [0.5, 0.6) is 0 Å². The fourth-order valence-electron chi connectivity index (χ4n) is 2.54. The summed E-state index contributed by atoms with van der Waals surface area (Å²) in [6.45, 7) is 1.82. The number of hydrogen-bond donors (Lipinski definition) is 4. The first-order valence-corrected chi connectivity index (χ1v) is 7.79. The fraction of sp³-hybridized carbons (Fsp3) is 0.933. The van der Waals surface area contributed by atoms with Crippen molar-refractivity contribution in [3.63, 3.8) is 0 Å². The van der Waals surface area contributed by atoms with E-state index in [1.165, 1.54) is 25.7 Å². The molecule has 4 atom stereocenters. The van der Waals surface area contributed by atoms with Crippen LogP contribution in [0.25, 0.3) is 0 Å². The normalized spacial score (nSPS) is 31.6. The van der Waals surface area contributed by atoms with Crippen LogP contribution in [-0.4, -0.2) is 51.4 Å². The second-order valence-electron chi connectivity index (χ2n) is 5.60. The third-order valence-corrected chi connectivity index (χ3v) is 3.89. The first kappa shape index (κ1) is 17.9. The van der Waals surface area contributed by atoms with E-state index in [1.807, 2.05) is 0 Å². The third kappa shape index (κ3) is 5.30. The summed E-state index contributed by atoms with van der Waals surface area (Å²) in [5.41, 5.74) is 0. The summed E-state index contributed by atoms with van der Waals surface area (Å²) < 4.78 is 5.38. The predicted molar refractivity (Wildman–Crippen MR) is 75.8 cm³/mol. The monoisotopic (exact) mass is 289 g/mol. The van der Waals surface area contributed by atoms with Crippen molar-refractivity contribution >= 4 is 0 Å². The molecule has 1 aliphatic heterocycles. The molecule has 1 heterocycles. The van der Waals surface area contributed by atoms with E-state index in [4.69, 9.17) is 9.84 Å². The minimum Gasteiger partial charge on any atom is -0.394 e. The summed E-state index contributed by atoms with van der Waals surface area (Å²) in [5, 5.41) is 38.2. The van der Waals surface area contributed by atoms with Crippen LogP contribution in [0.1, 0.15) is 58.3 Å². The van der Waals surface area contributed by atoms with Crippen molar-refractivity contribution in [3.8, 4) is 0 Å². The van der Waals surface area contributed by atoms with E-state index in [0.29, 0.717) is 12.5 Å². The Kier molecular flexibility index (Phi) is 8.64. The molecule has 0 bridgehead atoms. The van der Waals surface area contributed by atoms with Crippen LogP contribution in [0.4, 0.5) is 0 Å². The van der Waals surface area contributed by atoms with Gasteiger partial charge >= 0.3 is 0 Å². The standard InChI is InChI=1S/C15H29O5/c1-2-3-4-5-6-7-8-9-11-13(17)15(19)14(18)12(10-16)20-11/h12-19H,2-10H2,1H3/t12-,13+,14+,15-/m1/s1. The van der Waals surface area contributed by atoms with Gasteiger partial charge in [-0.1, -0.05) is 51.9 Å². The molecule has 1 rings (SSSR count). The molecule has 5 nitrogen and oxygen atoms in total. The number of ether oxygens (including phenoxy) is 1. The van der Waals surface area contributed by atoms with Gasteiger partial charge in [0.05, 0.1) is 6.61 Å². The van der Waals surface area contributed by atoms with Gasteiger partial charge in [0.2, 0.25) is 0 Å². The number of aliphatic hydroxyl groups excluding tert-OH is 4. The SMILES string of the molecule is CCCCCCCCC[C]1O[C@H](CO)[C@H](O)[C@H](O)[C@H]1O. The molecule has 1 fully saturated rings. The second-order valence-corrected chi connectivity index (χ2v) is 5.60. The third-order valence-electron chi connectivity index (χ3n) is 3.89. The molecular formula is C15H29O5. The van der Waals surface area contributed by atoms with Gasteiger partial charge in [-0.2, -0.15) is 0 Å². The zero-order chi connectivity index (χ0) is 15.0. The van der Waals surface area contributed by atoms with Gasteiger partial charge in [-0.15, -0.1) is 0 Å². The maximum Gasteiger partial charge on any atom is 0.129 e. The Labute approximate surface area is 121 Å². The van der Waals surface area contributed by atoms with Crippen LogP contribution >= 0.6 is 0 Å². The van der Waals surface area contributed by atoms with E-state index in [2.05, 4.69) is 6.92 Å². The summed E-state index contributed by atoms with van der Waals surface area (Å²) in [6.07, 6.45) is 4.56. The fourth-order valence-corrected chi connectivity index (χ4v) is 2.54. The van der Waals surface area contributed by atoms with Crippen molar-refractivity contribution < 1.29 is 25.2 Å². The lowest BCUT2D eigenvalue weighted by Crippen LogP contribution is -2.55. The molecule has 0 aliphatic carbocycles. The molecule has 1 saturated heterocycles. The minimum absolute atomic E-state index is 0.370. The lowest BCUT2D eigenvalue weighted by molar-refractivity contribution is -0.192. The zero-order valence-electron chi connectivity index (χ0n) is 12.4. The number of aliphatic hydroxyl groups is 4. The molecule has 0 aromatic carbocycles. The van der Waals surface area contributed by atoms with Gasteiger partial charge < -0.3 is 25.2 Å². The van der Waals surface area contributed by atoms with Gasteiger partial charge in [0, 0.05) is 0 Å². The molecular weight excluding hydrogens is 260 g/mol. The second kappa shape index (κ2) is 9.68. The van der Waals surface area contributed by atoms with Crippen molar-refractivity contribution in [2.24, 2.45) is 0 Å². The Morgan fingerprint density at radius 2 is 1.50 bits per heavy atom. The maximum atomic E-state index is 9.84.